The minimum atomic E-state index is -3.96. The molecule has 0 fully saturated rings. The topological polar surface area (TPSA) is 114 Å². The Balaban J connectivity index is 2.44. The van der Waals surface area contributed by atoms with Crippen LogP contribution in [0.3, 0.4) is 0 Å². The Labute approximate surface area is 109 Å². The molecule has 19 heavy (non-hydrogen) atoms. The predicted octanol–water partition coefficient (Wildman–Crippen LogP) is 0.512. The third kappa shape index (κ3) is 2.56. The number of nitrogens with zero attached hydrogens (tertiary/aromatic N) is 2. The predicted molar refractivity (Wildman–Crippen MR) is 66.2 cm³/mol. The van der Waals surface area contributed by atoms with Crippen LogP contribution in [-0.2, 0) is 16.6 Å². The first-order valence-electron chi connectivity index (χ1n) is 5.32. The number of aryl methyl sites for hydroxylation is 1. The summed E-state index contributed by atoms with van der Waals surface area (Å²) in [5.41, 5.74) is 5.77. The van der Waals surface area contributed by atoms with E-state index in [1.54, 1.807) is 6.92 Å². The molecule has 4 N–H and O–H groups in total. The normalized spacial score (nSPS) is 11.5. The number of aromatic amines is 1. The molecule has 0 unspecified atom stereocenters. The molecule has 102 valence electrons. The van der Waals surface area contributed by atoms with Crippen molar-refractivity contribution in [2.24, 2.45) is 5.73 Å². The largest absolute Gasteiger partial charge is 0.325 e. The van der Waals surface area contributed by atoms with Gasteiger partial charge in [0.2, 0.25) is 0 Å². The number of nitrogens with two attached hydrogens (primary N) is 1. The van der Waals surface area contributed by atoms with Crippen LogP contribution in [0, 0.1) is 12.7 Å². The number of H-pyrrole nitrogens is 1. The Morgan fingerprint density at radius 3 is 2.89 bits per heavy atom. The highest BCUT2D eigenvalue weighted by molar-refractivity contribution is 7.92. The van der Waals surface area contributed by atoms with Gasteiger partial charge in [0.25, 0.3) is 10.0 Å². The van der Waals surface area contributed by atoms with Crippen molar-refractivity contribution in [1.29, 1.82) is 0 Å². The summed E-state index contributed by atoms with van der Waals surface area (Å²) in [5, 5.41) is 6.33. The van der Waals surface area contributed by atoms with Crippen LogP contribution in [0.2, 0.25) is 0 Å². The zero-order chi connectivity index (χ0) is 14.0. The molecule has 0 aliphatic heterocycles. The molecule has 2 rings (SSSR count). The van der Waals surface area contributed by atoms with Crippen LogP contribution < -0.4 is 10.5 Å². The Bertz CT molecular complexity index is 698. The minimum Gasteiger partial charge on any atom is -0.325 e. The van der Waals surface area contributed by atoms with Crippen molar-refractivity contribution in [2.45, 2.75) is 18.4 Å². The van der Waals surface area contributed by atoms with Crippen molar-refractivity contribution < 1.29 is 12.8 Å². The molecule has 2 aromatic rings. The van der Waals surface area contributed by atoms with Gasteiger partial charge >= 0.3 is 0 Å². The van der Waals surface area contributed by atoms with Gasteiger partial charge in [-0.2, -0.15) is 5.10 Å². The first-order valence-corrected chi connectivity index (χ1v) is 6.80. The molecule has 0 aliphatic carbocycles. The fraction of sp³-hybridized carbons (Fsp3) is 0.200. The van der Waals surface area contributed by atoms with Crippen LogP contribution in [0.25, 0.3) is 0 Å². The van der Waals surface area contributed by atoms with Gasteiger partial charge in [-0.3, -0.25) is 14.8 Å². The number of anilines is 1. The smallest absolute Gasteiger partial charge is 0.265 e. The van der Waals surface area contributed by atoms with Gasteiger partial charge < -0.3 is 5.73 Å². The van der Waals surface area contributed by atoms with E-state index in [-0.39, 0.29) is 22.8 Å². The van der Waals surface area contributed by atoms with Gasteiger partial charge in [0.05, 0.1) is 23.3 Å². The third-order valence-corrected chi connectivity index (χ3v) is 4.01. The van der Waals surface area contributed by atoms with Gasteiger partial charge in [-0.1, -0.05) is 0 Å². The lowest BCUT2D eigenvalue weighted by molar-refractivity contribution is 0.596. The monoisotopic (exact) mass is 285 g/mol. The third-order valence-electron chi connectivity index (χ3n) is 2.44. The van der Waals surface area contributed by atoms with E-state index in [0.29, 0.717) is 5.69 Å². The SMILES string of the molecule is Cc1[nH]nc(CN)c1S(=O)(=O)Nc1ccncc1F. The van der Waals surface area contributed by atoms with E-state index in [1.807, 2.05) is 0 Å². The molecule has 0 spiro atoms. The highest BCUT2D eigenvalue weighted by atomic mass is 32.2. The Hall–Kier alpha value is -2.00. The van der Waals surface area contributed by atoms with Crippen LogP contribution in [0.15, 0.2) is 23.4 Å². The summed E-state index contributed by atoms with van der Waals surface area (Å²) in [4.78, 5) is 3.48. The second-order valence-electron chi connectivity index (χ2n) is 3.79. The van der Waals surface area contributed by atoms with E-state index >= 15 is 0 Å². The molecule has 0 aromatic carbocycles. The highest BCUT2D eigenvalue weighted by Crippen LogP contribution is 2.22. The summed E-state index contributed by atoms with van der Waals surface area (Å²) in [6, 6.07) is 1.23. The number of hydrogen-bond donors (Lipinski definition) is 3. The van der Waals surface area contributed by atoms with Crippen LogP contribution in [0.5, 0.6) is 0 Å². The molecule has 2 heterocycles. The maximum atomic E-state index is 13.4. The Morgan fingerprint density at radius 2 is 2.26 bits per heavy atom. The summed E-state index contributed by atoms with van der Waals surface area (Å²) < 4.78 is 40.0. The molecule has 0 radical (unpaired) electrons. The van der Waals surface area contributed by atoms with Crippen molar-refractivity contribution in [3.05, 3.63) is 35.7 Å². The maximum Gasteiger partial charge on any atom is 0.265 e. The lowest BCUT2D eigenvalue weighted by atomic mass is 10.4. The lowest BCUT2D eigenvalue weighted by Gasteiger charge is -2.09. The molecular weight excluding hydrogens is 273 g/mol. The lowest BCUT2D eigenvalue weighted by Crippen LogP contribution is -2.17. The molecule has 9 heteroatoms. The molecule has 0 atom stereocenters. The number of aromatic nitrogens is 3. The average Bonchev–Trinajstić information content (AvgIpc) is 2.74. The number of pyridine rings is 1. The number of sulfonamides is 1. The number of halogens is 1. The van der Waals surface area contributed by atoms with Crippen LogP contribution in [0.4, 0.5) is 10.1 Å². The van der Waals surface area contributed by atoms with Gasteiger partial charge in [0.15, 0.2) is 5.82 Å². The zero-order valence-corrected chi connectivity index (χ0v) is 10.8. The second-order valence-corrected chi connectivity index (χ2v) is 5.41. The van der Waals surface area contributed by atoms with E-state index in [4.69, 9.17) is 5.73 Å². The first kappa shape index (κ1) is 13.4. The highest BCUT2D eigenvalue weighted by Gasteiger charge is 2.24. The Morgan fingerprint density at radius 1 is 1.53 bits per heavy atom. The van der Waals surface area contributed by atoms with Crippen LogP contribution in [-0.4, -0.2) is 23.6 Å². The van der Waals surface area contributed by atoms with E-state index in [1.165, 1.54) is 12.3 Å². The summed E-state index contributed by atoms with van der Waals surface area (Å²) in [6.07, 6.45) is 2.21. The molecule has 7 nitrogen and oxygen atoms in total. The summed E-state index contributed by atoms with van der Waals surface area (Å²) in [6.45, 7) is 1.50. The summed E-state index contributed by atoms with van der Waals surface area (Å²) in [7, 11) is -3.96. The van der Waals surface area contributed by atoms with Crippen molar-refractivity contribution in [3.63, 3.8) is 0 Å². The second kappa shape index (κ2) is 4.94. The van der Waals surface area contributed by atoms with Gasteiger partial charge in [-0.15, -0.1) is 0 Å². The quantitative estimate of drug-likeness (QED) is 0.757. The number of nitrogens with one attached hydrogen (secondary N) is 2. The molecule has 0 saturated heterocycles. The van der Waals surface area contributed by atoms with Gasteiger partial charge in [-0.05, 0) is 13.0 Å². The average molecular weight is 285 g/mol. The van der Waals surface area contributed by atoms with Crippen molar-refractivity contribution in [3.8, 4) is 0 Å². The van der Waals surface area contributed by atoms with Crippen LogP contribution in [0.1, 0.15) is 11.4 Å². The standard InChI is InChI=1S/C10H12FN5O2S/c1-6-10(9(4-12)15-14-6)19(17,18)16-8-2-3-13-5-7(8)11/h2-3,5H,4,12H2,1H3,(H,13,16)(H,14,15). The molecule has 0 bridgehead atoms. The maximum absolute atomic E-state index is 13.4. The minimum absolute atomic E-state index is 0.0423. The fourth-order valence-electron chi connectivity index (χ4n) is 1.62. The molecule has 2 aromatic heterocycles. The molecule has 0 saturated carbocycles. The molecular formula is C10H12FN5O2S. The fourth-order valence-corrected chi connectivity index (χ4v) is 3.06. The zero-order valence-electron chi connectivity index (χ0n) is 10.0. The molecule has 0 amide bonds. The Kier molecular flexibility index (Phi) is 3.49. The van der Waals surface area contributed by atoms with Crippen molar-refractivity contribution >= 4 is 15.7 Å². The first-order chi connectivity index (χ1) is 8.95. The van der Waals surface area contributed by atoms with E-state index in [2.05, 4.69) is 19.9 Å². The van der Waals surface area contributed by atoms with Crippen molar-refractivity contribution in [1.82, 2.24) is 15.2 Å². The number of rotatable bonds is 4. The van der Waals surface area contributed by atoms with Gasteiger partial charge in [0.1, 0.15) is 4.90 Å². The van der Waals surface area contributed by atoms with E-state index in [0.717, 1.165) is 6.20 Å². The molecule has 0 aliphatic rings. The summed E-state index contributed by atoms with van der Waals surface area (Å²) in [5.74, 6) is -0.762. The number of hydrogen-bond acceptors (Lipinski definition) is 5. The van der Waals surface area contributed by atoms with Crippen LogP contribution >= 0.6 is 0 Å². The van der Waals surface area contributed by atoms with E-state index in [9.17, 15) is 12.8 Å². The van der Waals surface area contributed by atoms with Crippen molar-refractivity contribution in [2.75, 3.05) is 4.72 Å². The summed E-state index contributed by atoms with van der Waals surface area (Å²) >= 11 is 0. The van der Waals surface area contributed by atoms with Gasteiger partial charge in [0, 0.05) is 12.7 Å². The van der Waals surface area contributed by atoms with Gasteiger partial charge in [-0.25, -0.2) is 12.8 Å². The van der Waals surface area contributed by atoms with E-state index < -0.39 is 15.8 Å².